The molecule has 10 heavy (non-hydrogen) atoms. The summed E-state index contributed by atoms with van der Waals surface area (Å²) in [5, 5.41) is 3.82. The molecule has 0 spiro atoms. The first-order valence-electron chi connectivity index (χ1n) is 3.27. The quantitative estimate of drug-likeness (QED) is 0.509. The van der Waals surface area contributed by atoms with Crippen molar-refractivity contribution in [3.05, 3.63) is 29.8 Å². The van der Waals surface area contributed by atoms with Gasteiger partial charge in [0.25, 0.3) is 0 Å². The highest BCUT2D eigenvalue weighted by molar-refractivity contribution is 5.68. The van der Waals surface area contributed by atoms with Crippen molar-refractivity contribution >= 4 is 11.9 Å². The topological polar surface area (TPSA) is 26.5 Å². The number of hydrogen-bond acceptors (Lipinski definition) is 1. The maximum atomic E-state index is 3.96. The van der Waals surface area contributed by atoms with Gasteiger partial charge in [-0.1, -0.05) is 18.2 Å². The van der Waals surface area contributed by atoms with E-state index in [0.29, 0.717) is 0 Å². The lowest BCUT2D eigenvalue weighted by atomic mass is 10.1. The first-order valence-corrected chi connectivity index (χ1v) is 3.27. The van der Waals surface area contributed by atoms with Gasteiger partial charge in [-0.2, -0.15) is 10.5 Å². The van der Waals surface area contributed by atoms with Gasteiger partial charge in [0.05, 0.1) is 5.69 Å². The van der Waals surface area contributed by atoms with Crippen LogP contribution in [0.1, 0.15) is 5.56 Å². The van der Waals surface area contributed by atoms with E-state index in [1.807, 2.05) is 24.4 Å². The monoisotopic (exact) mass is 131 g/mol. The summed E-state index contributed by atoms with van der Waals surface area (Å²) >= 11 is 0. The van der Waals surface area contributed by atoms with Crippen molar-refractivity contribution in [2.75, 3.05) is 0 Å². The Morgan fingerprint density at radius 1 is 1.20 bits per heavy atom. The lowest BCUT2D eigenvalue weighted by Gasteiger charge is -2.06. The second kappa shape index (κ2) is 2.14. The lowest BCUT2D eigenvalue weighted by Crippen LogP contribution is -2.01. The Hall–Kier alpha value is -1.31. The summed E-state index contributed by atoms with van der Waals surface area (Å²) in [6.45, 7) is 0. The molecule has 1 aliphatic heterocycles. The third-order valence-corrected chi connectivity index (χ3v) is 1.55. The molecule has 2 rings (SSSR count). The predicted molar refractivity (Wildman–Crippen MR) is 40.4 cm³/mol. The molecule has 0 fully saturated rings. The Bertz CT molecular complexity index is 239. The number of fused-ring (bicyclic) bond motifs is 1. The molecule has 1 radical (unpaired) electrons. The van der Waals surface area contributed by atoms with E-state index in [9.17, 15) is 0 Å². The third kappa shape index (κ3) is 0.778. The van der Waals surface area contributed by atoms with Crippen molar-refractivity contribution < 1.29 is 0 Å². The summed E-state index contributed by atoms with van der Waals surface area (Å²) in [6, 6.07) is 8.05. The molecule has 1 aliphatic rings. The minimum atomic E-state index is 0.916. The van der Waals surface area contributed by atoms with Gasteiger partial charge in [-0.25, -0.2) is 0 Å². The largest absolute Gasteiger partial charge is 0.163 e. The van der Waals surface area contributed by atoms with Crippen LogP contribution in [-0.2, 0) is 6.42 Å². The van der Waals surface area contributed by atoms with Crippen LogP contribution in [-0.4, -0.2) is 6.21 Å². The van der Waals surface area contributed by atoms with Gasteiger partial charge in [-0.05, 0) is 11.6 Å². The standard InChI is InChI=1S/C8H7N2/c1-2-4-8-7(3-1)5-6-9-10-8/h1-4,6H,5H2. The van der Waals surface area contributed by atoms with Crippen LogP contribution in [0.15, 0.2) is 29.4 Å². The van der Waals surface area contributed by atoms with Crippen LogP contribution < -0.4 is 5.43 Å². The van der Waals surface area contributed by atoms with E-state index < -0.39 is 0 Å². The highest BCUT2D eigenvalue weighted by atomic mass is 15.3. The van der Waals surface area contributed by atoms with E-state index in [4.69, 9.17) is 0 Å². The molecule has 49 valence electrons. The molecule has 1 aromatic rings. The SMILES string of the molecule is C1=N[N]c2ccccc2C1. The molecule has 0 saturated carbocycles. The van der Waals surface area contributed by atoms with Gasteiger partial charge in [0.2, 0.25) is 0 Å². The Morgan fingerprint density at radius 2 is 2.10 bits per heavy atom. The second-order valence-corrected chi connectivity index (χ2v) is 2.23. The van der Waals surface area contributed by atoms with Crippen molar-refractivity contribution in [3.63, 3.8) is 0 Å². The Kier molecular flexibility index (Phi) is 1.17. The molecular formula is C8H7N2. The second-order valence-electron chi connectivity index (χ2n) is 2.23. The van der Waals surface area contributed by atoms with E-state index in [0.717, 1.165) is 12.1 Å². The summed E-state index contributed by atoms with van der Waals surface area (Å²) in [4.78, 5) is 0. The number of hydrogen-bond donors (Lipinski definition) is 0. The minimum absolute atomic E-state index is 0.916. The van der Waals surface area contributed by atoms with Crippen LogP contribution in [0, 0.1) is 0 Å². The smallest absolute Gasteiger partial charge is 0.0892 e. The van der Waals surface area contributed by atoms with Crippen LogP contribution in [0.2, 0.25) is 0 Å². The Morgan fingerprint density at radius 3 is 3.00 bits per heavy atom. The lowest BCUT2D eigenvalue weighted by molar-refractivity contribution is 0.924. The predicted octanol–water partition coefficient (Wildman–Crippen LogP) is 1.46. The molecule has 2 heteroatoms. The van der Waals surface area contributed by atoms with Gasteiger partial charge in [0.15, 0.2) is 0 Å². The zero-order valence-electron chi connectivity index (χ0n) is 5.49. The normalized spacial score (nSPS) is 14.0. The molecule has 1 heterocycles. The van der Waals surface area contributed by atoms with Crippen molar-refractivity contribution in [1.82, 2.24) is 5.43 Å². The first kappa shape index (κ1) is 5.47. The summed E-state index contributed by atoms with van der Waals surface area (Å²) < 4.78 is 0. The maximum Gasteiger partial charge on any atom is 0.0892 e. The molecule has 1 aromatic carbocycles. The fourth-order valence-electron chi connectivity index (χ4n) is 1.02. The summed E-state index contributed by atoms with van der Waals surface area (Å²) in [7, 11) is 0. The van der Waals surface area contributed by atoms with Gasteiger partial charge >= 0.3 is 0 Å². The van der Waals surface area contributed by atoms with E-state index in [1.54, 1.807) is 0 Å². The van der Waals surface area contributed by atoms with E-state index in [2.05, 4.69) is 16.6 Å². The Labute approximate surface area is 59.6 Å². The van der Waals surface area contributed by atoms with Crippen LogP contribution >= 0.6 is 0 Å². The number of rotatable bonds is 0. The molecule has 2 nitrogen and oxygen atoms in total. The molecule has 0 aromatic heterocycles. The number of benzene rings is 1. The minimum Gasteiger partial charge on any atom is -0.163 e. The van der Waals surface area contributed by atoms with Crippen LogP contribution in [0.25, 0.3) is 0 Å². The third-order valence-electron chi connectivity index (χ3n) is 1.55. The van der Waals surface area contributed by atoms with Gasteiger partial charge < -0.3 is 0 Å². The van der Waals surface area contributed by atoms with E-state index in [1.165, 1.54) is 5.56 Å². The molecule has 0 saturated heterocycles. The zero-order valence-corrected chi connectivity index (χ0v) is 5.49. The van der Waals surface area contributed by atoms with Crippen molar-refractivity contribution in [1.29, 1.82) is 0 Å². The first-order chi connectivity index (χ1) is 4.97. The Balaban J connectivity index is 2.47. The highest BCUT2D eigenvalue weighted by Gasteiger charge is 2.03. The molecule has 0 amide bonds. The van der Waals surface area contributed by atoms with Crippen LogP contribution in [0.5, 0.6) is 0 Å². The summed E-state index contributed by atoms with van der Waals surface area (Å²) in [5.41, 5.74) is 6.23. The zero-order chi connectivity index (χ0) is 6.81. The summed E-state index contributed by atoms with van der Waals surface area (Å²) in [6.07, 6.45) is 2.74. The number of nitrogens with zero attached hydrogens (tertiary/aromatic N) is 2. The molecule has 0 N–H and O–H groups in total. The average Bonchev–Trinajstić information content (AvgIpc) is 2.05. The maximum absolute atomic E-state index is 3.96. The van der Waals surface area contributed by atoms with Gasteiger partial charge in [0, 0.05) is 12.6 Å². The fourth-order valence-corrected chi connectivity index (χ4v) is 1.02. The molecular weight excluding hydrogens is 124 g/mol. The molecule has 0 aliphatic carbocycles. The van der Waals surface area contributed by atoms with Crippen molar-refractivity contribution in [2.45, 2.75) is 6.42 Å². The average molecular weight is 131 g/mol. The van der Waals surface area contributed by atoms with Crippen LogP contribution in [0.3, 0.4) is 0 Å². The van der Waals surface area contributed by atoms with Crippen LogP contribution in [0.4, 0.5) is 5.69 Å². The van der Waals surface area contributed by atoms with Gasteiger partial charge in [-0.3, -0.25) is 0 Å². The van der Waals surface area contributed by atoms with Crippen molar-refractivity contribution in [3.8, 4) is 0 Å². The molecule has 0 bridgehead atoms. The van der Waals surface area contributed by atoms with Gasteiger partial charge in [-0.15, -0.1) is 0 Å². The summed E-state index contributed by atoms with van der Waals surface area (Å²) in [5.74, 6) is 0. The molecule has 0 atom stereocenters. The van der Waals surface area contributed by atoms with E-state index in [-0.39, 0.29) is 0 Å². The molecule has 0 unspecified atom stereocenters. The van der Waals surface area contributed by atoms with Crippen molar-refractivity contribution in [2.24, 2.45) is 5.10 Å². The highest BCUT2D eigenvalue weighted by Crippen LogP contribution is 2.17. The van der Waals surface area contributed by atoms with Gasteiger partial charge in [0.1, 0.15) is 0 Å². The van der Waals surface area contributed by atoms with E-state index >= 15 is 0 Å². The fraction of sp³-hybridized carbons (Fsp3) is 0.125.